The Morgan fingerprint density at radius 1 is 1.50 bits per heavy atom. The van der Waals surface area contributed by atoms with E-state index in [0.29, 0.717) is 0 Å². The first-order valence-corrected chi connectivity index (χ1v) is 4.45. The number of carbonyl (C=O) groups is 1. The first kappa shape index (κ1) is 12.0. The molecule has 0 N–H and O–H groups in total. The molecule has 4 nitrogen and oxygen atoms in total. The number of halogens is 1. The van der Waals surface area contributed by atoms with Crippen molar-refractivity contribution >= 4 is 5.97 Å². The fourth-order valence-corrected chi connectivity index (χ4v) is 1.24. The Labute approximate surface area is 92.2 Å². The second kappa shape index (κ2) is 5.12. The van der Waals surface area contributed by atoms with Gasteiger partial charge in [0.05, 0.1) is 20.3 Å². The molecular weight excluding hydrogens is 213 g/mol. The van der Waals surface area contributed by atoms with Gasteiger partial charge in [-0.3, -0.25) is 4.79 Å². The maximum absolute atomic E-state index is 13.3. The number of nitriles is 1. The zero-order valence-corrected chi connectivity index (χ0v) is 8.86. The molecule has 0 bridgehead atoms. The summed E-state index contributed by atoms with van der Waals surface area (Å²) in [5.74, 6) is -2.40. The number of ether oxygens (including phenoxy) is 2. The van der Waals surface area contributed by atoms with Crippen LogP contribution in [0.4, 0.5) is 4.39 Å². The fourth-order valence-electron chi connectivity index (χ4n) is 1.24. The Morgan fingerprint density at radius 3 is 2.62 bits per heavy atom. The highest BCUT2D eigenvalue weighted by atomic mass is 19.1. The lowest BCUT2D eigenvalue weighted by Gasteiger charge is -2.08. The standard InChI is InChI=1S/C11H10FNO3/c1-15-10-4-3-7(5-9(10)12)8(6-13)11(14)16-2/h3-5,8H,1-2H3. The molecule has 1 aromatic rings. The van der Waals surface area contributed by atoms with E-state index in [1.807, 2.05) is 0 Å². The average Bonchev–Trinajstić information content (AvgIpc) is 2.30. The van der Waals surface area contributed by atoms with Crippen LogP contribution in [0.3, 0.4) is 0 Å². The molecule has 0 aliphatic rings. The van der Waals surface area contributed by atoms with Crippen molar-refractivity contribution in [2.24, 2.45) is 0 Å². The quantitative estimate of drug-likeness (QED) is 0.730. The molecule has 0 fully saturated rings. The summed E-state index contributed by atoms with van der Waals surface area (Å²) in [5.41, 5.74) is 0.243. The normalized spacial score (nSPS) is 11.4. The van der Waals surface area contributed by atoms with Crippen molar-refractivity contribution in [3.8, 4) is 11.8 Å². The highest BCUT2D eigenvalue weighted by Crippen LogP contribution is 2.23. The van der Waals surface area contributed by atoms with Crippen molar-refractivity contribution < 1.29 is 18.7 Å². The highest BCUT2D eigenvalue weighted by Gasteiger charge is 2.22. The van der Waals surface area contributed by atoms with Gasteiger partial charge in [-0.1, -0.05) is 6.07 Å². The summed E-state index contributed by atoms with van der Waals surface area (Å²) >= 11 is 0. The molecule has 16 heavy (non-hydrogen) atoms. The van der Waals surface area contributed by atoms with Crippen molar-refractivity contribution in [1.82, 2.24) is 0 Å². The number of hydrogen-bond donors (Lipinski definition) is 0. The lowest BCUT2D eigenvalue weighted by Crippen LogP contribution is -2.12. The van der Waals surface area contributed by atoms with Gasteiger partial charge in [-0.05, 0) is 17.7 Å². The summed E-state index contributed by atoms with van der Waals surface area (Å²) in [4.78, 5) is 11.2. The summed E-state index contributed by atoms with van der Waals surface area (Å²) in [6, 6.07) is 5.65. The number of hydrogen-bond acceptors (Lipinski definition) is 4. The third kappa shape index (κ3) is 2.28. The molecule has 0 radical (unpaired) electrons. The molecule has 1 atom stereocenters. The van der Waals surface area contributed by atoms with Gasteiger partial charge in [-0.15, -0.1) is 0 Å². The first-order valence-electron chi connectivity index (χ1n) is 4.45. The Balaban J connectivity index is 3.09. The molecule has 1 rings (SSSR count). The number of rotatable bonds is 3. The van der Waals surface area contributed by atoms with Gasteiger partial charge in [-0.2, -0.15) is 5.26 Å². The lowest BCUT2D eigenvalue weighted by atomic mass is 10.0. The molecule has 0 aliphatic carbocycles. The van der Waals surface area contributed by atoms with Gasteiger partial charge in [-0.25, -0.2) is 4.39 Å². The predicted octanol–water partition coefficient (Wildman–Crippen LogP) is 1.61. The minimum Gasteiger partial charge on any atom is -0.494 e. The van der Waals surface area contributed by atoms with E-state index in [-0.39, 0.29) is 11.3 Å². The molecule has 1 unspecified atom stereocenters. The molecule has 0 heterocycles. The van der Waals surface area contributed by atoms with E-state index in [1.165, 1.54) is 26.4 Å². The fraction of sp³-hybridized carbons (Fsp3) is 0.273. The first-order chi connectivity index (χ1) is 7.63. The molecule has 5 heteroatoms. The number of esters is 1. The van der Waals surface area contributed by atoms with Gasteiger partial charge in [0, 0.05) is 0 Å². The van der Waals surface area contributed by atoms with E-state index >= 15 is 0 Å². The monoisotopic (exact) mass is 223 g/mol. The van der Waals surface area contributed by atoms with E-state index in [4.69, 9.17) is 10.00 Å². The molecule has 0 saturated carbocycles. The van der Waals surface area contributed by atoms with Gasteiger partial charge in [0.25, 0.3) is 0 Å². The van der Waals surface area contributed by atoms with Crippen LogP contribution in [0.1, 0.15) is 11.5 Å². The summed E-state index contributed by atoms with van der Waals surface area (Å²) in [7, 11) is 2.51. The molecule has 0 aliphatic heterocycles. The minimum absolute atomic E-state index is 0.0605. The lowest BCUT2D eigenvalue weighted by molar-refractivity contribution is -0.140. The number of benzene rings is 1. The smallest absolute Gasteiger partial charge is 0.327 e. The van der Waals surface area contributed by atoms with E-state index in [9.17, 15) is 9.18 Å². The van der Waals surface area contributed by atoms with Crippen LogP contribution in [-0.2, 0) is 9.53 Å². The number of methoxy groups -OCH3 is 2. The maximum Gasteiger partial charge on any atom is 0.327 e. The molecule has 1 aromatic carbocycles. The Bertz CT molecular complexity index is 439. The zero-order valence-electron chi connectivity index (χ0n) is 8.86. The van der Waals surface area contributed by atoms with Crippen molar-refractivity contribution in [1.29, 1.82) is 5.26 Å². The highest BCUT2D eigenvalue weighted by molar-refractivity contribution is 5.81. The molecule has 0 saturated heterocycles. The van der Waals surface area contributed by atoms with Crippen LogP contribution in [-0.4, -0.2) is 20.2 Å². The molecule has 84 valence electrons. The van der Waals surface area contributed by atoms with Crippen LogP contribution >= 0.6 is 0 Å². The minimum atomic E-state index is -1.12. The number of carbonyl (C=O) groups excluding carboxylic acids is 1. The van der Waals surface area contributed by atoms with Gasteiger partial charge >= 0.3 is 5.97 Å². The van der Waals surface area contributed by atoms with Crippen LogP contribution in [0, 0.1) is 17.1 Å². The van der Waals surface area contributed by atoms with Crippen molar-refractivity contribution in [3.05, 3.63) is 29.6 Å². The Hall–Kier alpha value is -2.09. The SMILES string of the molecule is COC(=O)C(C#N)c1ccc(OC)c(F)c1. The second-order valence-corrected chi connectivity index (χ2v) is 2.98. The summed E-state index contributed by atoms with van der Waals surface area (Å²) in [5, 5.41) is 8.79. The van der Waals surface area contributed by atoms with Crippen LogP contribution in [0.5, 0.6) is 5.75 Å². The van der Waals surface area contributed by atoms with Crippen LogP contribution < -0.4 is 4.74 Å². The average molecular weight is 223 g/mol. The van der Waals surface area contributed by atoms with E-state index in [0.717, 1.165) is 6.07 Å². The van der Waals surface area contributed by atoms with Crippen molar-refractivity contribution in [3.63, 3.8) is 0 Å². The molecular formula is C11H10FNO3. The number of nitrogens with zero attached hydrogens (tertiary/aromatic N) is 1. The van der Waals surface area contributed by atoms with Gasteiger partial charge in [0.15, 0.2) is 17.5 Å². The third-order valence-electron chi connectivity index (χ3n) is 2.08. The van der Waals surface area contributed by atoms with E-state index in [2.05, 4.69) is 4.74 Å². The summed E-state index contributed by atoms with van der Waals surface area (Å²) in [6.07, 6.45) is 0. The second-order valence-electron chi connectivity index (χ2n) is 2.98. The van der Waals surface area contributed by atoms with Gasteiger partial charge in [0.1, 0.15) is 0 Å². The maximum atomic E-state index is 13.3. The molecule has 0 amide bonds. The topological polar surface area (TPSA) is 59.3 Å². The zero-order chi connectivity index (χ0) is 12.1. The van der Waals surface area contributed by atoms with Crippen LogP contribution in [0.15, 0.2) is 18.2 Å². The largest absolute Gasteiger partial charge is 0.494 e. The van der Waals surface area contributed by atoms with Gasteiger partial charge in [0.2, 0.25) is 0 Å². The summed E-state index contributed by atoms with van der Waals surface area (Å²) < 4.78 is 22.5. The van der Waals surface area contributed by atoms with Crippen molar-refractivity contribution in [2.75, 3.05) is 14.2 Å². The van der Waals surface area contributed by atoms with Crippen LogP contribution in [0.2, 0.25) is 0 Å². The Morgan fingerprint density at radius 2 is 2.19 bits per heavy atom. The predicted molar refractivity (Wildman–Crippen MR) is 53.3 cm³/mol. The third-order valence-corrected chi connectivity index (χ3v) is 2.08. The van der Waals surface area contributed by atoms with E-state index in [1.54, 1.807) is 6.07 Å². The van der Waals surface area contributed by atoms with Crippen LogP contribution in [0.25, 0.3) is 0 Å². The van der Waals surface area contributed by atoms with E-state index < -0.39 is 17.7 Å². The van der Waals surface area contributed by atoms with Gasteiger partial charge < -0.3 is 9.47 Å². The summed E-state index contributed by atoms with van der Waals surface area (Å²) in [6.45, 7) is 0. The Kier molecular flexibility index (Phi) is 3.84. The molecule has 0 spiro atoms. The molecule has 0 aromatic heterocycles. The van der Waals surface area contributed by atoms with Crippen molar-refractivity contribution in [2.45, 2.75) is 5.92 Å².